The summed E-state index contributed by atoms with van der Waals surface area (Å²) in [6, 6.07) is 13.7. The number of halogens is 1. The Kier molecular flexibility index (Phi) is 7.23. The lowest BCUT2D eigenvalue weighted by Gasteiger charge is -2.18. The molecule has 2 aromatic carbocycles. The van der Waals surface area contributed by atoms with Crippen LogP contribution in [0.5, 0.6) is 0 Å². The van der Waals surface area contributed by atoms with Gasteiger partial charge in [-0.1, -0.05) is 36.6 Å². The van der Waals surface area contributed by atoms with E-state index < -0.39 is 12.1 Å². The normalized spacial score (nSPS) is 15.2. The van der Waals surface area contributed by atoms with Crippen LogP contribution in [0.2, 0.25) is 5.02 Å². The van der Waals surface area contributed by atoms with E-state index in [1.54, 1.807) is 24.3 Å². The number of thioether (sulfide) groups is 1. The Bertz CT molecular complexity index is 805. The van der Waals surface area contributed by atoms with Crippen LogP contribution in [0.15, 0.2) is 53.4 Å². The van der Waals surface area contributed by atoms with Crippen molar-refractivity contribution in [2.75, 3.05) is 5.32 Å². The number of nitrogens with one attached hydrogen (secondary N) is 2. The Labute approximate surface area is 174 Å². The molecule has 0 spiro atoms. The lowest BCUT2D eigenvalue weighted by Crippen LogP contribution is -2.35. The van der Waals surface area contributed by atoms with Gasteiger partial charge in [-0.15, -0.1) is 11.8 Å². The third-order valence-electron chi connectivity index (χ3n) is 4.72. The number of rotatable bonds is 7. The highest BCUT2D eigenvalue weighted by Crippen LogP contribution is 2.35. The molecular weight excluding hydrogens is 394 g/mol. The quantitative estimate of drug-likeness (QED) is 0.585. The summed E-state index contributed by atoms with van der Waals surface area (Å²) in [6.45, 7) is 0. The van der Waals surface area contributed by atoms with Crippen LogP contribution in [0.4, 0.5) is 10.5 Å². The van der Waals surface area contributed by atoms with Crippen molar-refractivity contribution in [3.05, 3.63) is 59.1 Å². The predicted octanol–water partition coefficient (Wildman–Crippen LogP) is 5.11. The second-order valence-corrected chi connectivity index (χ2v) is 8.72. The average molecular weight is 418 g/mol. The summed E-state index contributed by atoms with van der Waals surface area (Å²) in [5.41, 5.74) is 6.76. The summed E-state index contributed by atoms with van der Waals surface area (Å²) < 4.78 is 0. The monoisotopic (exact) mass is 417 g/mol. The summed E-state index contributed by atoms with van der Waals surface area (Å²) >= 11 is 7.82. The number of anilines is 1. The number of hydrogen-bond donors (Lipinski definition) is 3. The van der Waals surface area contributed by atoms with Gasteiger partial charge >= 0.3 is 6.03 Å². The third kappa shape index (κ3) is 6.17. The molecule has 2 aromatic rings. The Hall–Kier alpha value is -2.18. The van der Waals surface area contributed by atoms with E-state index in [4.69, 9.17) is 17.3 Å². The van der Waals surface area contributed by atoms with Gasteiger partial charge in [0.25, 0.3) is 0 Å². The minimum atomic E-state index is -0.680. The lowest BCUT2D eigenvalue weighted by molar-refractivity contribution is -0.116. The van der Waals surface area contributed by atoms with Gasteiger partial charge in [0, 0.05) is 20.9 Å². The molecule has 148 valence electrons. The summed E-state index contributed by atoms with van der Waals surface area (Å²) in [4.78, 5) is 25.0. The van der Waals surface area contributed by atoms with Crippen LogP contribution < -0.4 is 16.4 Å². The first kappa shape index (κ1) is 20.6. The topological polar surface area (TPSA) is 84.2 Å². The van der Waals surface area contributed by atoms with Crippen LogP contribution in [0.25, 0.3) is 0 Å². The second kappa shape index (κ2) is 9.85. The van der Waals surface area contributed by atoms with Gasteiger partial charge in [0.2, 0.25) is 5.91 Å². The largest absolute Gasteiger partial charge is 0.352 e. The van der Waals surface area contributed by atoms with Crippen molar-refractivity contribution in [3.63, 3.8) is 0 Å². The fourth-order valence-electron chi connectivity index (χ4n) is 3.33. The molecule has 1 fully saturated rings. The van der Waals surface area contributed by atoms with E-state index in [1.165, 1.54) is 30.6 Å². The molecule has 5 nitrogen and oxygen atoms in total. The minimum Gasteiger partial charge on any atom is -0.352 e. The molecule has 4 N–H and O–H groups in total. The molecule has 28 heavy (non-hydrogen) atoms. The molecule has 3 amide bonds. The highest BCUT2D eigenvalue weighted by atomic mass is 35.5. The van der Waals surface area contributed by atoms with Gasteiger partial charge in [-0.3, -0.25) is 4.79 Å². The standard InChI is InChI=1S/C21H24ClN3O2S/c22-15-7-5-14(6-8-15)19(25-21(23)27)13-20(26)24-16-9-11-18(12-10-16)28-17-3-1-2-4-17/h5-12,17,19H,1-4,13H2,(H,24,26)(H3,23,25,27). The molecule has 1 aliphatic rings. The van der Waals surface area contributed by atoms with Gasteiger partial charge in [-0.25, -0.2) is 4.79 Å². The average Bonchev–Trinajstić information content (AvgIpc) is 3.16. The summed E-state index contributed by atoms with van der Waals surface area (Å²) in [7, 11) is 0. The van der Waals surface area contributed by atoms with Crippen molar-refractivity contribution in [2.24, 2.45) is 5.73 Å². The molecule has 0 radical (unpaired) electrons. The SMILES string of the molecule is NC(=O)NC(CC(=O)Nc1ccc(SC2CCCC2)cc1)c1ccc(Cl)cc1. The number of nitrogens with two attached hydrogens (primary N) is 1. The molecule has 1 aliphatic carbocycles. The van der Waals surface area contributed by atoms with Crippen LogP contribution in [-0.2, 0) is 4.79 Å². The maximum Gasteiger partial charge on any atom is 0.312 e. The minimum absolute atomic E-state index is 0.0726. The zero-order valence-corrected chi connectivity index (χ0v) is 17.1. The molecule has 0 bridgehead atoms. The van der Waals surface area contributed by atoms with Crippen LogP contribution in [0, 0.1) is 0 Å². The Morgan fingerprint density at radius 3 is 2.32 bits per heavy atom. The predicted molar refractivity (Wildman–Crippen MR) is 115 cm³/mol. The van der Waals surface area contributed by atoms with Crippen molar-refractivity contribution in [1.82, 2.24) is 5.32 Å². The van der Waals surface area contributed by atoms with Gasteiger partial charge in [0.05, 0.1) is 12.5 Å². The summed E-state index contributed by atoms with van der Waals surface area (Å²) in [5.74, 6) is -0.204. The molecule has 0 heterocycles. The molecule has 0 aromatic heterocycles. The van der Waals surface area contributed by atoms with E-state index in [-0.39, 0.29) is 12.3 Å². The van der Waals surface area contributed by atoms with Crippen molar-refractivity contribution < 1.29 is 9.59 Å². The number of urea groups is 1. The number of amides is 3. The molecule has 0 aliphatic heterocycles. The number of carbonyl (C=O) groups is 2. The van der Waals surface area contributed by atoms with Crippen LogP contribution >= 0.6 is 23.4 Å². The summed E-state index contributed by atoms with van der Waals surface area (Å²) in [6.07, 6.45) is 5.27. The fraction of sp³-hybridized carbons (Fsp3) is 0.333. The molecular formula is C21H24ClN3O2S. The Morgan fingerprint density at radius 1 is 1.07 bits per heavy atom. The van der Waals surface area contributed by atoms with E-state index in [2.05, 4.69) is 10.6 Å². The first-order valence-corrected chi connectivity index (χ1v) is 10.6. The zero-order chi connectivity index (χ0) is 19.9. The molecule has 0 saturated heterocycles. The van der Waals surface area contributed by atoms with Crippen LogP contribution in [0.3, 0.4) is 0 Å². The van der Waals surface area contributed by atoms with Gasteiger partial charge in [-0.05, 0) is 54.8 Å². The van der Waals surface area contributed by atoms with Crippen LogP contribution in [0.1, 0.15) is 43.7 Å². The van der Waals surface area contributed by atoms with Crippen LogP contribution in [-0.4, -0.2) is 17.2 Å². The van der Waals surface area contributed by atoms with E-state index in [9.17, 15) is 9.59 Å². The zero-order valence-electron chi connectivity index (χ0n) is 15.5. The van der Waals surface area contributed by atoms with Crippen molar-refractivity contribution in [2.45, 2.75) is 48.3 Å². The Morgan fingerprint density at radius 2 is 1.71 bits per heavy atom. The lowest BCUT2D eigenvalue weighted by atomic mass is 10.0. The smallest absolute Gasteiger partial charge is 0.312 e. The van der Waals surface area contributed by atoms with E-state index >= 15 is 0 Å². The number of benzene rings is 2. The number of primary amides is 1. The van der Waals surface area contributed by atoms with Crippen molar-refractivity contribution >= 4 is 41.0 Å². The molecule has 1 unspecified atom stereocenters. The highest BCUT2D eigenvalue weighted by Gasteiger charge is 2.18. The first-order chi connectivity index (χ1) is 13.5. The number of carbonyl (C=O) groups excluding carboxylic acids is 2. The summed E-state index contributed by atoms with van der Waals surface area (Å²) in [5, 5.41) is 6.79. The number of hydrogen-bond acceptors (Lipinski definition) is 3. The van der Waals surface area contributed by atoms with Gasteiger partial charge in [-0.2, -0.15) is 0 Å². The van der Waals surface area contributed by atoms with Crippen molar-refractivity contribution in [3.8, 4) is 0 Å². The first-order valence-electron chi connectivity index (χ1n) is 9.37. The molecule has 1 atom stereocenters. The molecule has 1 saturated carbocycles. The van der Waals surface area contributed by atoms with Gasteiger partial charge in [0.15, 0.2) is 0 Å². The van der Waals surface area contributed by atoms with E-state index in [1.807, 2.05) is 36.0 Å². The van der Waals surface area contributed by atoms with Crippen molar-refractivity contribution in [1.29, 1.82) is 0 Å². The third-order valence-corrected chi connectivity index (χ3v) is 6.32. The molecule has 3 rings (SSSR count). The Balaban J connectivity index is 1.58. The van der Waals surface area contributed by atoms with Gasteiger partial charge < -0.3 is 16.4 Å². The second-order valence-electron chi connectivity index (χ2n) is 6.91. The highest BCUT2D eigenvalue weighted by molar-refractivity contribution is 8.00. The van der Waals surface area contributed by atoms with E-state index in [0.29, 0.717) is 10.3 Å². The van der Waals surface area contributed by atoms with Gasteiger partial charge in [0.1, 0.15) is 0 Å². The maximum atomic E-state index is 12.5. The fourth-order valence-corrected chi connectivity index (χ4v) is 4.71. The maximum absolute atomic E-state index is 12.5. The molecule has 7 heteroatoms. The van der Waals surface area contributed by atoms with E-state index in [0.717, 1.165) is 11.3 Å².